The van der Waals surface area contributed by atoms with E-state index in [1.54, 1.807) is 0 Å². The van der Waals surface area contributed by atoms with E-state index in [1.807, 2.05) is 0 Å². The van der Waals surface area contributed by atoms with Crippen LogP contribution in [0.15, 0.2) is 0 Å². The van der Waals surface area contributed by atoms with Crippen molar-refractivity contribution in [3.8, 4) is 0 Å². The van der Waals surface area contributed by atoms with Crippen molar-refractivity contribution in [1.82, 2.24) is 0 Å². The van der Waals surface area contributed by atoms with Crippen molar-refractivity contribution in [3.63, 3.8) is 0 Å². The van der Waals surface area contributed by atoms with Gasteiger partial charge in [-0.05, 0) is 0 Å². The standard InChI is InChI=1S/2H2O8S2.Sn/c2*1-9(2,3)7-8-10(4,5)6;/h2*(H,1,2,3)(H,4,5,6);/q;;+4/p-4. The van der Waals surface area contributed by atoms with Gasteiger partial charge in [-0.1, -0.05) is 0 Å². The Morgan fingerprint density at radius 2 is 0.524 bits per heavy atom. The van der Waals surface area contributed by atoms with Crippen molar-refractivity contribution in [2.24, 2.45) is 0 Å². The molecule has 0 aliphatic rings. The van der Waals surface area contributed by atoms with E-state index in [1.165, 1.54) is 0 Å². The fourth-order valence-electron chi connectivity index (χ4n) is 0.136. The summed E-state index contributed by atoms with van der Waals surface area (Å²) in [6.45, 7) is 0. The van der Waals surface area contributed by atoms with Gasteiger partial charge in [-0.3, -0.25) is 0 Å². The van der Waals surface area contributed by atoms with Crippen molar-refractivity contribution in [2.75, 3.05) is 0 Å². The van der Waals surface area contributed by atoms with Crippen molar-refractivity contribution in [2.45, 2.75) is 0 Å². The van der Waals surface area contributed by atoms with Gasteiger partial charge in [-0.25, -0.2) is 33.7 Å². The zero-order valence-electron chi connectivity index (χ0n) is 8.66. The van der Waals surface area contributed by atoms with Crippen LogP contribution in [0.25, 0.3) is 0 Å². The Labute approximate surface area is 134 Å². The average Bonchev–Trinajstić information content (AvgIpc) is 2.09. The zero-order chi connectivity index (χ0) is 16.8. The first kappa shape index (κ1) is 26.2. The van der Waals surface area contributed by atoms with Crippen LogP contribution in [0.2, 0.25) is 0 Å². The SMILES string of the molecule is O=S(=O)([O-])OOS(=O)(=O)[O-].O=S(=O)([O-])OOS(=O)(=O)[O-].[Sn+4]. The van der Waals surface area contributed by atoms with E-state index in [0.717, 1.165) is 0 Å². The molecule has 124 valence electrons. The number of hydrogen-bond acceptors (Lipinski definition) is 16. The smallest absolute Gasteiger partial charge is 0.724 e. The largest absolute Gasteiger partial charge is 4.00 e. The van der Waals surface area contributed by atoms with Gasteiger partial charge >= 0.3 is 23.9 Å². The van der Waals surface area contributed by atoms with E-state index in [4.69, 9.17) is 0 Å². The van der Waals surface area contributed by atoms with Gasteiger partial charge < -0.3 is 18.2 Å². The van der Waals surface area contributed by atoms with Gasteiger partial charge in [0.1, 0.15) is 0 Å². The summed E-state index contributed by atoms with van der Waals surface area (Å²) in [5.41, 5.74) is 0. The topological polar surface area (TPSA) is 266 Å². The minimum absolute atomic E-state index is 0. The quantitative estimate of drug-likeness (QED) is 0.108. The maximum atomic E-state index is 9.37. The molecule has 0 N–H and O–H groups in total. The molecule has 0 heterocycles. The van der Waals surface area contributed by atoms with Crippen molar-refractivity contribution < 1.29 is 69.2 Å². The maximum absolute atomic E-state index is 9.37. The third-order valence-corrected chi connectivity index (χ3v) is 1.50. The van der Waals surface area contributed by atoms with Crippen LogP contribution in [0, 0.1) is 0 Å². The zero-order valence-corrected chi connectivity index (χ0v) is 14.8. The van der Waals surface area contributed by atoms with Gasteiger partial charge in [0.05, 0.1) is 0 Å². The predicted molar refractivity (Wildman–Crippen MR) is 48.9 cm³/mol. The summed E-state index contributed by atoms with van der Waals surface area (Å²) in [5, 5.41) is 0. The van der Waals surface area contributed by atoms with Gasteiger partial charge in [0, 0.05) is 0 Å². The number of rotatable bonds is 6. The Morgan fingerprint density at radius 3 is 0.571 bits per heavy atom. The van der Waals surface area contributed by atoms with Gasteiger partial charge in [0.15, 0.2) is 0 Å². The Morgan fingerprint density at radius 1 is 0.429 bits per heavy atom. The van der Waals surface area contributed by atoms with Crippen LogP contribution in [0.4, 0.5) is 0 Å². The fraction of sp³-hybridized carbons (Fsp3) is 0. The molecular weight excluding hydrogens is 503 g/mol. The summed E-state index contributed by atoms with van der Waals surface area (Å²) in [6.07, 6.45) is 0. The molecule has 0 spiro atoms. The van der Waals surface area contributed by atoms with Crippen LogP contribution in [0.1, 0.15) is 0 Å². The second-order valence-electron chi connectivity index (χ2n) is 1.91. The molecule has 0 bridgehead atoms. The number of hydrogen-bond donors (Lipinski definition) is 0. The molecule has 21 heavy (non-hydrogen) atoms. The first-order chi connectivity index (χ1) is 8.41. The van der Waals surface area contributed by atoms with E-state index < -0.39 is 41.6 Å². The first-order valence-corrected chi connectivity index (χ1v) is 8.33. The minimum atomic E-state index is -5.31. The third-order valence-electron chi connectivity index (χ3n) is 0.389. The summed E-state index contributed by atoms with van der Waals surface area (Å²) in [5.74, 6) is 0. The second kappa shape index (κ2) is 9.42. The van der Waals surface area contributed by atoms with Crippen LogP contribution in [0.5, 0.6) is 0 Å². The Bertz CT molecular complexity index is 556. The Kier molecular flexibility index (Phi) is 11.8. The molecule has 16 nitrogen and oxygen atoms in total. The molecule has 0 aromatic rings. The molecule has 0 fully saturated rings. The van der Waals surface area contributed by atoms with Gasteiger partial charge in [0.25, 0.3) is 0 Å². The first-order valence-electron chi connectivity index (χ1n) is 3.00. The monoisotopic (exact) mass is 504 g/mol. The van der Waals surface area contributed by atoms with E-state index in [0.29, 0.717) is 0 Å². The molecule has 0 radical (unpaired) electrons. The normalized spacial score (nSPS) is 12.8. The van der Waals surface area contributed by atoms with Crippen LogP contribution in [-0.2, 0) is 58.9 Å². The maximum Gasteiger partial charge on any atom is 4.00 e. The van der Waals surface area contributed by atoms with E-state index in [2.05, 4.69) is 17.3 Å². The molecule has 0 amide bonds. The van der Waals surface area contributed by atoms with Crippen molar-refractivity contribution in [1.29, 1.82) is 0 Å². The molecule has 0 saturated carbocycles. The summed E-state index contributed by atoms with van der Waals surface area (Å²) in [7, 11) is -21.2. The molecule has 0 unspecified atom stereocenters. The molecule has 0 rings (SSSR count). The summed E-state index contributed by atoms with van der Waals surface area (Å²) >= 11 is 0. The van der Waals surface area contributed by atoms with E-state index in [9.17, 15) is 51.9 Å². The van der Waals surface area contributed by atoms with Gasteiger partial charge in [-0.15, -0.1) is 17.3 Å². The fourth-order valence-corrected chi connectivity index (χ4v) is 1.22. The molecular formula is O16S4Sn. The molecule has 21 heteroatoms. The molecule has 0 aliphatic heterocycles. The van der Waals surface area contributed by atoms with Crippen LogP contribution < -0.4 is 0 Å². The summed E-state index contributed by atoms with van der Waals surface area (Å²) < 4.78 is 123. The minimum Gasteiger partial charge on any atom is -0.724 e. The van der Waals surface area contributed by atoms with Gasteiger partial charge in [0.2, 0.25) is 41.6 Å². The van der Waals surface area contributed by atoms with Gasteiger partial charge in [-0.2, -0.15) is 0 Å². The van der Waals surface area contributed by atoms with Crippen LogP contribution in [0.3, 0.4) is 0 Å². The Hall–Kier alpha value is 0.279. The predicted octanol–water partition coefficient (Wildman–Crippen LogP) is -4.67. The second-order valence-corrected chi connectivity index (χ2v) is 5.72. The molecule has 0 aromatic carbocycles. The van der Waals surface area contributed by atoms with E-state index in [-0.39, 0.29) is 23.9 Å². The van der Waals surface area contributed by atoms with Crippen LogP contribution in [-0.4, -0.2) is 75.8 Å². The molecule has 0 atom stereocenters. The van der Waals surface area contributed by atoms with E-state index >= 15 is 0 Å². The van der Waals surface area contributed by atoms with Crippen molar-refractivity contribution in [3.05, 3.63) is 0 Å². The average molecular weight is 503 g/mol. The summed E-state index contributed by atoms with van der Waals surface area (Å²) in [4.78, 5) is 0. The molecule has 0 saturated heterocycles. The summed E-state index contributed by atoms with van der Waals surface area (Å²) in [6, 6.07) is 0. The Balaban J connectivity index is -0.000000295. The van der Waals surface area contributed by atoms with Crippen molar-refractivity contribution >= 4 is 65.5 Å². The molecule has 0 aliphatic carbocycles. The molecule has 0 aromatic heterocycles. The third kappa shape index (κ3) is 33.2. The van der Waals surface area contributed by atoms with Crippen LogP contribution >= 0.6 is 0 Å².